The number of amides is 1. The fourth-order valence-electron chi connectivity index (χ4n) is 2.58. The van der Waals surface area contributed by atoms with Gasteiger partial charge in [0.05, 0.1) is 6.54 Å². The summed E-state index contributed by atoms with van der Waals surface area (Å²) in [5, 5.41) is 2.76. The largest absolute Gasteiger partial charge is 0.364 e. The monoisotopic (exact) mass is 365 g/mol. The Morgan fingerprint density at radius 2 is 1.40 bits per heavy atom. The van der Waals surface area contributed by atoms with Crippen LogP contribution in [0.4, 0.5) is 27.6 Å². The summed E-state index contributed by atoms with van der Waals surface area (Å²) < 4.78 is 67.4. The number of carbonyl (C=O) groups excluding carboxylic acids is 1. The number of nitrogens with zero attached hydrogens (tertiary/aromatic N) is 2. The number of hydrogen-bond donors (Lipinski definition) is 1. The molecule has 1 N–H and O–H groups in total. The lowest BCUT2D eigenvalue weighted by Gasteiger charge is -2.36. The van der Waals surface area contributed by atoms with E-state index in [1.807, 2.05) is 13.8 Å². The van der Waals surface area contributed by atoms with Crippen molar-refractivity contribution >= 4 is 11.6 Å². The van der Waals surface area contributed by atoms with Crippen molar-refractivity contribution in [1.82, 2.24) is 10.2 Å². The van der Waals surface area contributed by atoms with Crippen LogP contribution in [0.15, 0.2) is 0 Å². The van der Waals surface area contributed by atoms with Gasteiger partial charge >= 0.3 is 0 Å². The quantitative estimate of drug-likeness (QED) is 0.494. The molecule has 1 fully saturated rings. The summed E-state index contributed by atoms with van der Waals surface area (Å²) in [4.78, 5) is 14.6. The molecule has 0 atom stereocenters. The number of hydrogen-bond acceptors (Lipinski definition) is 3. The summed E-state index contributed by atoms with van der Waals surface area (Å²) in [5.41, 5.74) is -0.916. The first-order valence-corrected chi connectivity index (χ1v) is 7.97. The van der Waals surface area contributed by atoms with E-state index in [1.165, 1.54) is 0 Å². The number of piperazine rings is 1. The number of rotatable bonds is 5. The van der Waals surface area contributed by atoms with Crippen LogP contribution in [0.2, 0.25) is 0 Å². The average molecular weight is 365 g/mol. The van der Waals surface area contributed by atoms with E-state index in [-0.39, 0.29) is 38.6 Å². The molecule has 0 bridgehead atoms. The third-order valence-corrected chi connectivity index (χ3v) is 3.95. The first-order chi connectivity index (χ1) is 11.7. The van der Waals surface area contributed by atoms with Crippen molar-refractivity contribution in [2.45, 2.75) is 13.8 Å². The predicted octanol–water partition coefficient (Wildman–Crippen LogP) is 2.28. The zero-order valence-electron chi connectivity index (χ0n) is 14.0. The fourth-order valence-corrected chi connectivity index (χ4v) is 2.58. The molecule has 2 rings (SSSR count). The van der Waals surface area contributed by atoms with Gasteiger partial charge in [0.25, 0.3) is 0 Å². The molecular weight excluding hydrogens is 345 g/mol. The van der Waals surface area contributed by atoms with Gasteiger partial charge < -0.3 is 10.2 Å². The highest BCUT2D eigenvalue weighted by molar-refractivity contribution is 5.78. The van der Waals surface area contributed by atoms with Crippen molar-refractivity contribution < 1.29 is 26.7 Å². The van der Waals surface area contributed by atoms with E-state index >= 15 is 0 Å². The van der Waals surface area contributed by atoms with Gasteiger partial charge in [0.15, 0.2) is 23.3 Å². The molecule has 4 nitrogen and oxygen atoms in total. The van der Waals surface area contributed by atoms with Gasteiger partial charge in [-0.15, -0.1) is 0 Å². The first kappa shape index (κ1) is 19.4. The molecule has 25 heavy (non-hydrogen) atoms. The Kier molecular flexibility index (Phi) is 6.21. The summed E-state index contributed by atoms with van der Waals surface area (Å²) in [7, 11) is 0. The lowest BCUT2D eigenvalue weighted by molar-refractivity contribution is -0.122. The molecule has 0 radical (unpaired) electrons. The van der Waals surface area contributed by atoms with E-state index in [1.54, 1.807) is 4.90 Å². The van der Waals surface area contributed by atoms with Crippen LogP contribution in [0.5, 0.6) is 0 Å². The SMILES string of the molecule is CC(C)CNC(=O)CN1CCN(c2c(F)c(F)c(F)c(F)c2F)CC1. The minimum absolute atomic E-state index is 0.0514. The second-order valence-corrected chi connectivity index (χ2v) is 6.38. The molecule has 0 unspecified atom stereocenters. The highest BCUT2D eigenvalue weighted by atomic mass is 19.2. The van der Waals surface area contributed by atoms with E-state index in [2.05, 4.69) is 5.32 Å². The van der Waals surface area contributed by atoms with Crippen LogP contribution in [-0.2, 0) is 4.79 Å². The normalized spacial score (nSPS) is 15.8. The predicted molar refractivity (Wildman–Crippen MR) is 82.7 cm³/mol. The average Bonchev–Trinajstić information content (AvgIpc) is 2.58. The van der Waals surface area contributed by atoms with Crippen LogP contribution in [0.1, 0.15) is 13.8 Å². The van der Waals surface area contributed by atoms with Gasteiger partial charge in [0.1, 0.15) is 5.69 Å². The van der Waals surface area contributed by atoms with Crippen molar-refractivity contribution in [1.29, 1.82) is 0 Å². The van der Waals surface area contributed by atoms with E-state index < -0.39 is 34.8 Å². The smallest absolute Gasteiger partial charge is 0.234 e. The molecule has 1 aromatic rings. The maximum Gasteiger partial charge on any atom is 0.234 e. The molecule has 0 spiro atoms. The van der Waals surface area contributed by atoms with E-state index in [0.29, 0.717) is 12.5 Å². The highest BCUT2D eigenvalue weighted by Gasteiger charge is 2.30. The Balaban J connectivity index is 2.00. The highest BCUT2D eigenvalue weighted by Crippen LogP contribution is 2.30. The Bertz CT molecular complexity index is 616. The van der Waals surface area contributed by atoms with Crippen molar-refractivity contribution in [3.63, 3.8) is 0 Å². The van der Waals surface area contributed by atoms with Gasteiger partial charge in [-0.3, -0.25) is 9.69 Å². The fraction of sp³-hybridized carbons (Fsp3) is 0.562. The van der Waals surface area contributed by atoms with Crippen molar-refractivity contribution in [2.75, 3.05) is 44.2 Å². The molecule has 0 aromatic heterocycles. The van der Waals surface area contributed by atoms with E-state index in [9.17, 15) is 26.7 Å². The van der Waals surface area contributed by atoms with Crippen LogP contribution in [0.3, 0.4) is 0 Å². The standard InChI is InChI=1S/C16H20F5N3O/c1-9(2)7-22-10(25)8-23-3-5-24(6-4-23)16-14(20)12(18)11(17)13(19)15(16)21/h9H,3-8H2,1-2H3,(H,22,25). The maximum absolute atomic E-state index is 13.8. The zero-order valence-corrected chi connectivity index (χ0v) is 14.0. The molecule has 9 heteroatoms. The second kappa shape index (κ2) is 7.99. The molecule has 1 amide bonds. The zero-order chi connectivity index (χ0) is 18.7. The van der Waals surface area contributed by atoms with Gasteiger partial charge in [-0.1, -0.05) is 13.8 Å². The number of benzene rings is 1. The van der Waals surface area contributed by atoms with E-state index in [0.717, 1.165) is 4.90 Å². The van der Waals surface area contributed by atoms with Gasteiger partial charge in [0.2, 0.25) is 11.7 Å². The molecule has 140 valence electrons. The minimum Gasteiger partial charge on any atom is -0.364 e. The van der Waals surface area contributed by atoms with Gasteiger partial charge in [-0.05, 0) is 5.92 Å². The molecule has 1 aliphatic heterocycles. The minimum atomic E-state index is -2.17. The summed E-state index contributed by atoms with van der Waals surface area (Å²) >= 11 is 0. The Hall–Kier alpha value is -1.90. The molecular formula is C16H20F5N3O. The van der Waals surface area contributed by atoms with Crippen LogP contribution in [0.25, 0.3) is 0 Å². The first-order valence-electron chi connectivity index (χ1n) is 7.97. The third kappa shape index (κ3) is 4.39. The third-order valence-electron chi connectivity index (χ3n) is 3.95. The molecule has 1 heterocycles. The summed E-state index contributed by atoms with van der Waals surface area (Å²) in [5.74, 6) is -9.60. The Labute approximate surface area is 142 Å². The molecule has 1 aromatic carbocycles. The molecule has 0 saturated carbocycles. The second-order valence-electron chi connectivity index (χ2n) is 6.38. The van der Waals surface area contributed by atoms with Crippen molar-refractivity contribution in [3.8, 4) is 0 Å². The number of nitrogens with one attached hydrogen (secondary N) is 1. The maximum atomic E-state index is 13.8. The van der Waals surface area contributed by atoms with Crippen LogP contribution < -0.4 is 10.2 Å². The number of carbonyl (C=O) groups is 1. The molecule has 0 aliphatic carbocycles. The van der Waals surface area contributed by atoms with Gasteiger partial charge in [-0.25, -0.2) is 22.0 Å². The number of anilines is 1. The lowest BCUT2D eigenvalue weighted by atomic mass is 10.2. The van der Waals surface area contributed by atoms with Crippen LogP contribution in [0, 0.1) is 35.0 Å². The Morgan fingerprint density at radius 1 is 0.920 bits per heavy atom. The lowest BCUT2D eigenvalue weighted by Crippen LogP contribution is -2.50. The molecule has 1 saturated heterocycles. The number of halogens is 5. The van der Waals surface area contributed by atoms with Gasteiger partial charge in [0, 0.05) is 32.7 Å². The van der Waals surface area contributed by atoms with Gasteiger partial charge in [-0.2, -0.15) is 0 Å². The topological polar surface area (TPSA) is 35.6 Å². The summed E-state index contributed by atoms with van der Waals surface area (Å²) in [6.07, 6.45) is 0. The van der Waals surface area contributed by atoms with Crippen LogP contribution >= 0.6 is 0 Å². The van der Waals surface area contributed by atoms with Crippen molar-refractivity contribution in [3.05, 3.63) is 29.1 Å². The van der Waals surface area contributed by atoms with Crippen LogP contribution in [-0.4, -0.2) is 50.1 Å². The van der Waals surface area contributed by atoms with E-state index in [4.69, 9.17) is 0 Å². The Morgan fingerprint density at radius 3 is 1.88 bits per heavy atom. The summed E-state index contributed by atoms with van der Waals surface area (Å²) in [6.45, 7) is 5.24. The molecule has 1 aliphatic rings. The summed E-state index contributed by atoms with van der Waals surface area (Å²) in [6, 6.07) is 0. The van der Waals surface area contributed by atoms with Crippen molar-refractivity contribution in [2.24, 2.45) is 5.92 Å².